The highest BCUT2D eigenvalue weighted by atomic mass is 16.5. The Balaban J connectivity index is 1.21. The van der Waals surface area contributed by atoms with Gasteiger partial charge in [-0.05, 0) is 48.6 Å². The largest absolute Gasteiger partial charge is 0.492 e. The van der Waals surface area contributed by atoms with Crippen LogP contribution in [0.4, 0.5) is 5.69 Å². The van der Waals surface area contributed by atoms with Crippen LogP contribution < -0.4 is 20.7 Å². The molecule has 0 radical (unpaired) electrons. The Morgan fingerprint density at radius 3 is 2.72 bits per heavy atom. The summed E-state index contributed by atoms with van der Waals surface area (Å²) in [6.45, 7) is 2.08. The minimum Gasteiger partial charge on any atom is -0.492 e. The Bertz CT molecular complexity index is 891. The molecule has 2 aromatic rings. The Hall–Kier alpha value is -3.02. The fraction of sp³-hybridized carbons (Fsp3) is 0.391. The number of nitrogens with zero attached hydrogens (tertiary/aromatic N) is 1. The Morgan fingerprint density at radius 2 is 1.97 bits per heavy atom. The molecule has 1 aliphatic heterocycles. The second-order valence-corrected chi connectivity index (χ2v) is 7.71. The lowest BCUT2D eigenvalue weighted by molar-refractivity contribution is -0.116. The molecule has 6 nitrogen and oxygen atoms in total. The molecule has 0 unspecified atom stereocenters. The minimum atomic E-state index is 0.0782. The molecule has 152 valence electrons. The molecule has 1 saturated carbocycles. The van der Waals surface area contributed by atoms with E-state index in [1.165, 1.54) is 18.4 Å². The Morgan fingerprint density at radius 1 is 1.14 bits per heavy atom. The van der Waals surface area contributed by atoms with Crippen LogP contribution in [0.5, 0.6) is 5.75 Å². The monoisotopic (exact) mass is 392 g/mol. The van der Waals surface area contributed by atoms with E-state index in [-0.39, 0.29) is 11.3 Å². The van der Waals surface area contributed by atoms with Crippen molar-refractivity contribution in [2.45, 2.75) is 31.1 Å². The van der Waals surface area contributed by atoms with Crippen LogP contribution in [0, 0.1) is 0 Å². The molecule has 1 aliphatic carbocycles. The van der Waals surface area contributed by atoms with Crippen molar-refractivity contribution in [2.24, 2.45) is 4.99 Å². The molecule has 6 heteroatoms. The second kappa shape index (κ2) is 8.55. The van der Waals surface area contributed by atoms with Gasteiger partial charge in [0.2, 0.25) is 5.91 Å². The summed E-state index contributed by atoms with van der Waals surface area (Å²) in [5, 5.41) is 9.66. The van der Waals surface area contributed by atoms with Crippen LogP contribution in [0.3, 0.4) is 0 Å². The van der Waals surface area contributed by atoms with Gasteiger partial charge in [0.15, 0.2) is 5.96 Å². The smallest absolute Gasteiger partial charge is 0.224 e. The van der Waals surface area contributed by atoms with Crippen LogP contribution >= 0.6 is 0 Å². The number of carbonyl (C=O) groups excluding carboxylic acids is 1. The second-order valence-electron chi connectivity index (χ2n) is 7.71. The van der Waals surface area contributed by atoms with Gasteiger partial charge in [-0.25, -0.2) is 0 Å². The molecule has 1 fully saturated rings. The molecule has 0 aromatic heterocycles. The van der Waals surface area contributed by atoms with Gasteiger partial charge in [-0.15, -0.1) is 0 Å². The maximum atomic E-state index is 11.4. The van der Waals surface area contributed by atoms with Crippen LogP contribution in [0.25, 0.3) is 0 Å². The number of carbonyl (C=O) groups is 1. The van der Waals surface area contributed by atoms with Crippen molar-refractivity contribution in [2.75, 3.05) is 32.1 Å². The summed E-state index contributed by atoms with van der Waals surface area (Å²) < 4.78 is 5.86. The van der Waals surface area contributed by atoms with Gasteiger partial charge >= 0.3 is 0 Å². The molecule has 2 aliphatic rings. The van der Waals surface area contributed by atoms with Crippen molar-refractivity contribution in [1.29, 1.82) is 0 Å². The molecular weight excluding hydrogens is 364 g/mol. The summed E-state index contributed by atoms with van der Waals surface area (Å²) in [6.07, 6.45) is 3.71. The van der Waals surface area contributed by atoms with Crippen LogP contribution in [-0.4, -0.2) is 38.6 Å². The minimum absolute atomic E-state index is 0.0782. The van der Waals surface area contributed by atoms with E-state index in [2.05, 4.69) is 51.3 Å². The zero-order chi connectivity index (χ0) is 20.1. The first-order chi connectivity index (χ1) is 14.2. The fourth-order valence-electron chi connectivity index (χ4n) is 3.77. The van der Waals surface area contributed by atoms with E-state index in [4.69, 9.17) is 4.74 Å². The SMILES string of the molecule is CN=C(NCCOc1ccc2c(c1)CCC(=O)N2)NCC1(c2ccccc2)CC1. The molecule has 1 amide bonds. The van der Waals surface area contributed by atoms with E-state index in [1.54, 1.807) is 7.05 Å². The summed E-state index contributed by atoms with van der Waals surface area (Å²) in [4.78, 5) is 15.8. The van der Waals surface area contributed by atoms with Gasteiger partial charge in [-0.1, -0.05) is 30.3 Å². The molecule has 0 bridgehead atoms. The van der Waals surface area contributed by atoms with E-state index in [9.17, 15) is 4.79 Å². The third kappa shape index (κ3) is 4.70. The van der Waals surface area contributed by atoms with Crippen molar-refractivity contribution >= 4 is 17.6 Å². The first-order valence-electron chi connectivity index (χ1n) is 10.2. The lowest BCUT2D eigenvalue weighted by atomic mass is 9.96. The van der Waals surface area contributed by atoms with Crippen molar-refractivity contribution in [3.63, 3.8) is 0 Å². The Kier molecular flexibility index (Phi) is 5.69. The van der Waals surface area contributed by atoms with Crippen molar-refractivity contribution in [1.82, 2.24) is 10.6 Å². The highest BCUT2D eigenvalue weighted by Gasteiger charge is 2.43. The average molecular weight is 393 g/mol. The number of hydrogen-bond acceptors (Lipinski definition) is 3. The number of aryl methyl sites for hydroxylation is 1. The number of guanidine groups is 1. The highest BCUT2D eigenvalue weighted by Crippen LogP contribution is 2.47. The fourth-order valence-corrected chi connectivity index (χ4v) is 3.77. The lowest BCUT2D eigenvalue weighted by Crippen LogP contribution is -2.42. The van der Waals surface area contributed by atoms with E-state index >= 15 is 0 Å². The first-order valence-corrected chi connectivity index (χ1v) is 10.2. The standard InChI is InChI=1S/C23H28N4O2/c1-24-22(26-16-23(11-12-23)18-5-3-2-4-6-18)25-13-14-29-19-8-9-20-17(15-19)7-10-21(28)27-20/h2-6,8-9,15H,7,10-14,16H2,1H3,(H,27,28)(H2,24,25,26). The third-order valence-corrected chi connectivity index (χ3v) is 5.69. The zero-order valence-corrected chi connectivity index (χ0v) is 16.8. The van der Waals surface area contributed by atoms with Gasteiger partial charge < -0.3 is 20.7 Å². The van der Waals surface area contributed by atoms with Gasteiger partial charge in [0, 0.05) is 31.1 Å². The number of nitrogens with one attached hydrogen (secondary N) is 3. The van der Waals surface area contributed by atoms with E-state index in [0.717, 1.165) is 35.9 Å². The third-order valence-electron chi connectivity index (χ3n) is 5.69. The number of hydrogen-bond donors (Lipinski definition) is 3. The van der Waals surface area contributed by atoms with Gasteiger partial charge in [-0.2, -0.15) is 0 Å². The van der Waals surface area contributed by atoms with Gasteiger partial charge in [-0.3, -0.25) is 9.79 Å². The van der Waals surface area contributed by atoms with Crippen LogP contribution in [0.15, 0.2) is 53.5 Å². The van der Waals surface area contributed by atoms with Gasteiger partial charge in [0.1, 0.15) is 12.4 Å². The van der Waals surface area contributed by atoms with Crippen molar-refractivity contribution in [3.8, 4) is 5.75 Å². The number of ether oxygens (including phenoxy) is 1. The summed E-state index contributed by atoms with van der Waals surface area (Å²) in [7, 11) is 1.79. The predicted octanol–water partition coefficient (Wildman–Crippen LogP) is 2.85. The topological polar surface area (TPSA) is 74.8 Å². The lowest BCUT2D eigenvalue weighted by Gasteiger charge is -2.19. The van der Waals surface area contributed by atoms with Gasteiger partial charge in [0.25, 0.3) is 0 Å². The summed E-state index contributed by atoms with van der Waals surface area (Å²) in [6, 6.07) is 16.5. The molecular formula is C23H28N4O2. The molecule has 2 aromatic carbocycles. The van der Waals surface area contributed by atoms with E-state index in [1.807, 2.05) is 18.2 Å². The maximum absolute atomic E-state index is 11.4. The summed E-state index contributed by atoms with van der Waals surface area (Å²) in [5.74, 6) is 1.70. The van der Waals surface area contributed by atoms with Crippen LogP contribution in [0.1, 0.15) is 30.4 Å². The van der Waals surface area contributed by atoms with Crippen LogP contribution in [-0.2, 0) is 16.6 Å². The number of anilines is 1. The first kappa shape index (κ1) is 19.3. The number of aliphatic imine (C=N–C) groups is 1. The van der Waals surface area contributed by atoms with Crippen LogP contribution in [0.2, 0.25) is 0 Å². The molecule has 3 N–H and O–H groups in total. The predicted molar refractivity (Wildman–Crippen MR) is 116 cm³/mol. The molecule has 0 spiro atoms. The molecule has 0 saturated heterocycles. The number of fused-ring (bicyclic) bond motifs is 1. The highest BCUT2D eigenvalue weighted by molar-refractivity contribution is 5.94. The molecule has 4 rings (SSSR count). The maximum Gasteiger partial charge on any atom is 0.224 e. The van der Waals surface area contributed by atoms with Crippen molar-refractivity contribution in [3.05, 3.63) is 59.7 Å². The summed E-state index contributed by atoms with van der Waals surface area (Å²) in [5.41, 5.74) is 3.66. The quantitative estimate of drug-likeness (QED) is 0.385. The molecule has 1 heterocycles. The van der Waals surface area contributed by atoms with E-state index < -0.39 is 0 Å². The summed E-state index contributed by atoms with van der Waals surface area (Å²) >= 11 is 0. The zero-order valence-electron chi connectivity index (χ0n) is 16.8. The van der Waals surface area contributed by atoms with Gasteiger partial charge in [0.05, 0.1) is 6.54 Å². The number of benzene rings is 2. The number of rotatable bonds is 7. The number of amides is 1. The average Bonchev–Trinajstić information content (AvgIpc) is 3.55. The van der Waals surface area contributed by atoms with E-state index in [0.29, 0.717) is 19.6 Å². The molecule has 0 atom stereocenters. The normalized spacial score (nSPS) is 17.1. The molecule has 29 heavy (non-hydrogen) atoms. The van der Waals surface area contributed by atoms with Crippen molar-refractivity contribution < 1.29 is 9.53 Å². The Labute approximate surface area is 171 Å².